The predicted molar refractivity (Wildman–Crippen MR) is 107 cm³/mol. The molecule has 27 heavy (non-hydrogen) atoms. The second kappa shape index (κ2) is 7.80. The summed E-state index contributed by atoms with van der Waals surface area (Å²) in [7, 11) is -3.16. The third kappa shape index (κ3) is 4.38. The van der Waals surface area contributed by atoms with E-state index in [0.717, 1.165) is 35.6 Å². The fourth-order valence-electron chi connectivity index (χ4n) is 2.59. The number of aromatic nitrogens is 1. The van der Waals surface area contributed by atoms with Crippen LogP contribution in [0.25, 0.3) is 5.57 Å². The maximum atomic E-state index is 14.1. The molecule has 0 spiro atoms. The molecule has 1 aliphatic rings. The first-order valence-electron chi connectivity index (χ1n) is 7.87. The number of thiazole rings is 1. The summed E-state index contributed by atoms with van der Waals surface area (Å²) in [6.07, 6.45) is 7.23. The molecule has 1 aromatic heterocycles. The fourth-order valence-corrected chi connectivity index (χ4v) is 4.89. The summed E-state index contributed by atoms with van der Waals surface area (Å²) in [5, 5.41) is 9.48. The van der Waals surface area contributed by atoms with Crippen molar-refractivity contribution in [1.82, 2.24) is 4.98 Å². The van der Waals surface area contributed by atoms with Gasteiger partial charge in [-0.1, -0.05) is 17.7 Å². The van der Waals surface area contributed by atoms with Gasteiger partial charge in [0.1, 0.15) is 27.0 Å². The summed E-state index contributed by atoms with van der Waals surface area (Å²) in [6, 6.07) is 3.12. The minimum Gasteiger partial charge on any atom is -0.306 e. The molecule has 0 radical (unpaired) electrons. The number of benzene rings is 1. The minimum absolute atomic E-state index is 0.316. The number of hydrogen-bond donors (Lipinski definition) is 1. The first-order valence-corrected chi connectivity index (χ1v) is 10.8. The lowest BCUT2D eigenvalue weighted by atomic mass is 10.1. The van der Waals surface area contributed by atoms with Gasteiger partial charge < -0.3 is 4.72 Å². The number of nitrogens with one attached hydrogen (secondary N) is 1. The molecule has 4 nitrogen and oxygen atoms in total. The number of rotatable bonds is 4. The lowest BCUT2D eigenvalue weighted by Crippen LogP contribution is -2.15. The van der Waals surface area contributed by atoms with Crippen molar-refractivity contribution in [3.8, 4) is 6.07 Å². The highest BCUT2D eigenvalue weighted by Gasteiger charge is 2.18. The lowest BCUT2D eigenvalue weighted by Gasteiger charge is -2.15. The number of nitriles is 1. The van der Waals surface area contributed by atoms with Crippen LogP contribution in [0.3, 0.4) is 0 Å². The molecule has 1 N–H and O–H groups in total. The van der Waals surface area contributed by atoms with E-state index in [2.05, 4.69) is 15.6 Å². The highest BCUT2D eigenvalue weighted by atomic mass is 35.5. The van der Waals surface area contributed by atoms with Crippen LogP contribution in [0, 0.1) is 23.0 Å². The monoisotopic (exact) mass is 425 g/mol. The summed E-state index contributed by atoms with van der Waals surface area (Å²) in [6.45, 7) is 0. The predicted octanol–water partition coefficient (Wildman–Crippen LogP) is 5.14. The average molecular weight is 426 g/mol. The summed E-state index contributed by atoms with van der Waals surface area (Å²) in [4.78, 5) is 4.62. The zero-order valence-corrected chi connectivity index (χ0v) is 16.4. The van der Waals surface area contributed by atoms with Gasteiger partial charge in [-0.2, -0.15) is 5.26 Å². The largest absolute Gasteiger partial charge is 0.306 e. The number of hydrogen-bond acceptors (Lipinski definition) is 4. The molecule has 1 heterocycles. The molecule has 3 rings (SSSR count). The van der Waals surface area contributed by atoms with Crippen LogP contribution >= 0.6 is 22.9 Å². The Hall–Kier alpha value is -2.21. The molecule has 140 valence electrons. The number of halogens is 3. The molecule has 0 bridgehead atoms. The van der Waals surface area contributed by atoms with E-state index in [0.29, 0.717) is 15.7 Å². The Morgan fingerprint density at radius 1 is 1.37 bits per heavy atom. The van der Waals surface area contributed by atoms with E-state index in [1.54, 1.807) is 24.4 Å². The van der Waals surface area contributed by atoms with Crippen molar-refractivity contribution in [2.45, 2.75) is 19.3 Å². The van der Waals surface area contributed by atoms with Crippen LogP contribution in [0.5, 0.6) is 0 Å². The van der Waals surface area contributed by atoms with Gasteiger partial charge in [-0.05, 0) is 42.8 Å². The van der Waals surface area contributed by atoms with Crippen molar-refractivity contribution < 1.29 is 13.0 Å². The standard InChI is InChI=1S/C18H14ClF2N3OS2/c1-27(25,24-16-8-14(20)12(9-22)7-15(16)21)13-5-3-2-4-11(6-13)18-23-10-17(19)26-18/h5-8,10H,1-4H2,(H,24,25). The Morgan fingerprint density at radius 3 is 2.81 bits per heavy atom. The Labute approximate surface area is 165 Å². The minimum atomic E-state index is -3.16. The molecule has 0 saturated heterocycles. The van der Waals surface area contributed by atoms with Crippen molar-refractivity contribution in [2.24, 2.45) is 0 Å². The molecule has 2 aromatic rings. The van der Waals surface area contributed by atoms with Crippen molar-refractivity contribution in [3.63, 3.8) is 0 Å². The Bertz CT molecular complexity index is 1100. The van der Waals surface area contributed by atoms with Gasteiger partial charge in [0.25, 0.3) is 0 Å². The second-order valence-electron chi connectivity index (χ2n) is 5.84. The summed E-state index contributed by atoms with van der Waals surface area (Å²) in [5.74, 6) is 1.90. The van der Waals surface area contributed by atoms with Gasteiger partial charge in [-0.15, -0.1) is 11.3 Å². The van der Waals surface area contributed by atoms with Crippen molar-refractivity contribution in [2.75, 3.05) is 4.72 Å². The topological polar surface area (TPSA) is 65.8 Å². The van der Waals surface area contributed by atoms with Crippen LogP contribution in [0.1, 0.15) is 29.8 Å². The van der Waals surface area contributed by atoms with E-state index in [-0.39, 0.29) is 5.69 Å². The molecule has 1 aliphatic carbocycles. The molecular weight excluding hydrogens is 412 g/mol. The van der Waals surface area contributed by atoms with Gasteiger partial charge in [0, 0.05) is 11.0 Å². The smallest absolute Gasteiger partial charge is 0.148 e. The van der Waals surface area contributed by atoms with Gasteiger partial charge in [-0.3, -0.25) is 0 Å². The third-order valence-electron chi connectivity index (χ3n) is 3.90. The number of allylic oxidation sites excluding steroid dienone is 3. The quantitative estimate of drug-likeness (QED) is 0.689. The van der Waals surface area contributed by atoms with Crippen LogP contribution < -0.4 is 4.72 Å². The maximum Gasteiger partial charge on any atom is 0.148 e. The zero-order valence-electron chi connectivity index (χ0n) is 14.0. The maximum absolute atomic E-state index is 14.1. The molecule has 9 heteroatoms. The molecule has 0 amide bonds. The highest BCUT2D eigenvalue weighted by molar-refractivity contribution is 8.05. The van der Waals surface area contributed by atoms with E-state index >= 15 is 0 Å². The second-order valence-corrected chi connectivity index (χ2v) is 9.53. The number of anilines is 1. The van der Waals surface area contributed by atoms with E-state index in [1.807, 2.05) is 0 Å². The molecule has 1 atom stereocenters. The van der Waals surface area contributed by atoms with E-state index < -0.39 is 26.9 Å². The van der Waals surface area contributed by atoms with Crippen LogP contribution in [0.4, 0.5) is 14.5 Å². The van der Waals surface area contributed by atoms with Crippen molar-refractivity contribution in [3.05, 3.63) is 61.9 Å². The molecule has 1 unspecified atom stereocenters. The van der Waals surface area contributed by atoms with Crippen molar-refractivity contribution >= 4 is 49.8 Å². The van der Waals surface area contributed by atoms with E-state index in [1.165, 1.54) is 11.3 Å². The Kier molecular flexibility index (Phi) is 5.65. The van der Waals surface area contributed by atoms with Gasteiger partial charge in [0.15, 0.2) is 0 Å². The fraction of sp³-hybridized carbons (Fsp3) is 0.167. The van der Waals surface area contributed by atoms with Crippen LogP contribution in [0.2, 0.25) is 4.34 Å². The first-order chi connectivity index (χ1) is 12.8. The van der Waals surface area contributed by atoms with Gasteiger partial charge >= 0.3 is 0 Å². The Morgan fingerprint density at radius 2 is 2.15 bits per heavy atom. The molecule has 0 saturated carbocycles. The first kappa shape index (κ1) is 19.5. The Balaban J connectivity index is 1.95. The highest BCUT2D eigenvalue weighted by Crippen LogP contribution is 2.32. The third-order valence-corrected chi connectivity index (χ3v) is 6.68. The summed E-state index contributed by atoms with van der Waals surface area (Å²) in [5.41, 5.74) is 0.120. The van der Waals surface area contributed by atoms with E-state index in [4.69, 9.17) is 16.9 Å². The zero-order chi connectivity index (χ0) is 19.6. The SMILES string of the molecule is C=S(=O)(Nc1cc(F)c(C#N)cc1F)C1=CCCCC(c2ncc(Cl)s2)=C1. The van der Waals surface area contributed by atoms with Gasteiger partial charge in [0.2, 0.25) is 0 Å². The van der Waals surface area contributed by atoms with Crippen LogP contribution in [-0.2, 0) is 9.71 Å². The normalized spacial score (nSPS) is 16.5. The molecular formula is C18H14ClF2N3OS2. The number of nitrogens with zero attached hydrogens (tertiary/aromatic N) is 2. The summed E-state index contributed by atoms with van der Waals surface area (Å²) < 4.78 is 44.1. The molecule has 0 fully saturated rings. The summed E-state index contributed by atoms with van der Waals surface area (Å²) >= 11 is 7.26. The van der Waals surface area contributed by atoms with Crippen LogP contribution in [-0.4, -0.2) is 15.1 Å². The van der Waals surface area contributed by atoms with Gasteiger partial charge in [-0.25, -0.2) is 18.0 Å². The van der Waals surface area contributed by atoms with Crippen LogP contribution in [0.15, 0.2) is 35.4 Å². The average Bonchev–Trinajstić information content (AvgIpc) is 2.89. The molecule has 0 aliphatic heterocycles. The van der Waals surface area contributed by atoms with E-state index in [9.17, 15) is 13.0 Å². The molecule has 1 aromatic carbocycles. The van der Waals surface area contributed by atoms with Crippen molar-refractivity contribution in [1.29, 1.82) is 5.26 Å². The lowest BCUT2D eigenvalue weighted by molar-refractivity contribution is 0.600. The van der Waals surface area contributed by atoms with Gasteiger partial charge in [0.05, 0.1) is 27.2 Å².